The molecule has 0 spiro atoms. The number of halogens is 2. The van der Waals surface area contributed by atoms with Gasteiger partial charge in [0.15, 0.2) is 0 Å². The van der Waals surface area contributed by atoms with Crippen LogP contribution in [0, 0.1) is 12.7 Å². The molecular formula is C14H12ClFO3S. The molecule has 0 aliphatic heterocycles. The lowest BCUT2D eigenvalue weighted by atomic mass is 10.2. The van der Waals surface area contributed by atoms with Crippen molar-refractivity contribution in [3.8, 4) is 5.75 Å². The van der Waals surface area contributed by atoms with Crippen LogP contribution in [-0.2, 0) is 15.7 Å². The van der Waals surface area contributed by atoms with E-state index in [2.05, 4.69) is 0 Å². The highest BCUT2D eigenvalue weighted by Gasteiger charge is 2.11. The number of rotatable bonds is 4. The van der Waals surface area contributed by atoms with Crippen LogP contribution in [0.15, 0.2) is 47.4 Å². The molecule has 3 nitrogen and oxygen atoms in total. The average molecular weight is 315 g/mol. The maximum atomic E-state index is 12.8. The van der Waals surface area contributed by atoms with E-state index in [-0.39, 0.29) is 17.3 Å². The number of ether oxygens (including phenoxy) is 1. The molecule has 0 aromatic heterocycles. The highest BCUT2D eigenvalue weighted by Crippen LogP contribution is 2.24. The van der Waals surface area contributed by atoms with E-state index in [0.29, 0.717) is 11.3 Å². The summed E-state index contributed by atoms with van der Waals surface area (Å²) in [6.07, 6.45) is 0. The SMILES string of the molecule is Cc1cc(S(=O)(=O)Cl)ccc1OCc1ccc(F)cc1. The van der Waals surface area contributed by atoms with Crippen molar-refractivity contribution in [2.45, 2.75) is 18.4 Å². The summed E-state index contributed by atoms with van der Waals surface area (Å²) in [5, 5.41) is 0. The van der Waals surface area contributed by atoms with Gasteiger partial charge in [-0.25, -0.2) is 12.8 Å². The molecule has 0 amide bonds. The molecular weight excluding hydrogens is 303 g/mol. The summed E-state index contributed by atoms with van der Waals surface area (Å²) in [4.78, 5) is 0.0331. The van der Waals surface area contributed by atoms with Crippen LogP contribution in [0.5, 0.6) is 5.75 Å². The third-order valence-electron chi connectivity index (χ3n) is 2.74. The van der Waals surface area contributed by atoms with Crippen molar-refractivity contribution in [3.63, 3.8) is 0 Å². The van der Waals surface area contributed by atoms with E-state index < -0.39 is 9.05 Å². The maximum absolute atomic E-state index is 12.8. The second kappa shape index (κ2) is 5.81. The van der Waals surface area contributed by atoms with E-state index >= 15 is 0 Å². The zero-order valence-corrected chi connectivity index (χ0v) is 12.2. The third kappa shape index (κ3) is 3.71. The highest BCUT2D eigenvalue weighted by molar-refractivity contribution is 8.13. The minimum atomic E-state index is -3.74. The van der Waals surface area contributed by atoms with E-state index in [9.17, 15) is 12.8 Å². The Balaban J connectivity index is 2.12. The van der Waals surface area contributed by atoms with E-state index in [4.69, 9.17) is 15.4 Å². The summed E-state index contributed by atoms with van der Waals surface area (Å²) < 4.78 is 40.7. The molecule has 106 valence electrons. The standard InChI is InChI=1S/C14H12ClFO3S/c1-10-8-13(20(15,17)18)6-7-14(10)19-9-11-2-4-12(16)5-3-11/h2-8H,9H2,1H3. The van der Waals surface area contributed by atoms with Crippen molar-refractivity contribution in [1.82, 2.24) is 0 Å². The molecule has 20 heavy (non-hydrogen) atoms. The van der Waals surface area contributed by atoms with Gasteiger partial charge in [0, 0.05) is 10.7 Å². The van der Waals surface area contributed by atoms with Crippen molar-refractivity contribution in [1.29, 1.82) is 0 Å². The largest absolute Gasteiger partial charge is 0.489 e. The van der Waals surface area contributed by atoms with Crippen molar-refractivity contribution in [2.75, 3.05) is 0 Å². The predicted octanol–water partition coefficient (Wildman–Crippen LogP) is 3.64. The van der Waals surface area contributed by atoms with Gasteiger partial charge in [-0.2, -0.15) is 0 Å². The summed E-state index contributed by atoms with van der Waals surface area (Å²) in [6, 6.07) is 10.3. The molecule has 0 saturated heterocycles. The topological polar surface area (TPSA) is 43.4 Å². The zero-order valence-electron chi connectivity index (χ0n) is 10.6. The fourth-order valence-electron chi connectivity index (χ4n) is 1.68. The molecule has 0 aliphatic rings. The van der Waals surface area contributed by atoms with Crippen LogP contribution in [0.4, 0.5) is 4.39 Å². The molecule has 0 saturated carbocycles. The van der Waals surface area contributed by atoms with E-state index in [1.807, 2.05) is 0 Å². The van der Waals surface area contributed by atoms with Gasteiger partial charge in [0.2, 0.25) is 0 Å². The smallest absolute Gasteiger partial charge is 0.261 e. The Morgan fingerprint density at radius 2 is 1.80 bits per heavy atom. The van der Waals surface area contributed by atoms with Crippen LogP contribution in [0.3, 0.4) is 0 Å². The Hall–Kier alpha value is -1.59. The Kier molecular flexibility index (Phi) is 4.30. The second-order valence-electron chi connectivity index (χ2n) is 4.28. The first kappa shape index (κ1) is 14.8. The van der Waals surface area contributed by atoms with Gasteiger partial charge in [-0.3, -0.25) is 0 Å². The molecule has 6 heteroatoms. The summed E-state index contributed by atoms with van der Waals surface area (Å²) in [5.41, 5.74) is 1.48. The summed E-state index contributed by atoms with van der Waals surface area (Å²) in [5.74, 6) is 0.250. The lowest BCUT2D eigenvalue weighted by Gasteiger charge is -2.10. The molecule has 0 unspecified atom stereocenters. The number of aryl methyl sites for hydroxylation is 1. The first-order valence-electron chi connectivity index (χ1n) is 5.79. The Morgan fingerprint density at radius 3 is 2.35 bits per heavy atom. The molecule has 0 bridgehead atoms. The van der Waals surface area contributed by atoms with Gasteiger partial charge in [0.25, 0.3) is 9.05 Å². The molecule has 0 aliphatic carbocycles. The van der Waals surface area contributed by atoms with Gasteiger partial charge in [-0.05, 0) is 48.4 Å². The van der Waals surface area contributed by atoms with Gasteiger partial charge in [-0.15, -0.1) is 0 Å². The summed E-state index contributed by atoms with van der Waals surface area (Å²) in [7, 11) is 1.53. The van der Waals surface area contributed by atoms with Crippen molar-refractivity contribution in [2.24, 2.45) is 0 Å². The van der Waals surface area contributed by atoms with Gasteiger partial charge >= 0.3 is 0 Å². The maximum Gasteiger partial charge on any atom is 0.261 e. The monoisotopic (exact) mass is 314 g/mol. The Labute approximate surface area is 121 Å². The molecule has 0 heterocycles. The predicted molar refractivity (Wildman–Crippen MR) is 74.9 cm³/mol. The van der Waals surface area contributed by atoms with E-state index in [1.165, 1.54) is 24.3 Å². The number of hydrogen-bond acceptors (Lipinski definition) is 3. The fraction of sp³-hybridized carbons (Fsp3) is 0.143. The number of hydrogen-bond donors (Lipinski definition) is 0. The van der Waals surface area contributed by atoms with Crippen LogP contribution in [0.1, 0.15) is 11.1 Å². The normalized spacial score (nSPS) is 11.3. The van der Waals surface area contributed by atoms with Gasteiger partial charge in [-0.1, -0.05) is 12.1 Å². The van der Waals surface area contributed by atoms with Crippen LogP contribution >= 0.6 is 10.7 Å². The van der Waals surface area contributed by atoms with E-state index in [1.54, 1.807) is 25.1 Å². The first-order valence-corrected chi connectivity index (χ1v) is 8.10. The summed E-state index contributed by atoms with van der Waals surface area (Å²) in [6.45, 7) is 2.00. The minimum absolute atomic E-state index is 0.0331. The molecule has 0 N–H and O–H groups in total. The van der Waals surface area contributed by atoms with Crippen LogP contribution in [-0.4, -0.2) is 8.42 Å². The molecule has 2 aromatic carbocycles. The second-order valence-corrected chi connectivity index (χ2v) is 6.85. The average Bonchev–Trinajstić information content (AvgIpc) is 2.38. The molecule has 2 rings (SSSR count). The van der Waals surface area contributed by atoms with Gasteiger partial charge in [0.1, 0.15) is 18.2 Å². The Morgan fingerprint density at radius 1 is 1.15 bits per heavy atom. The van der Waals surface area contributed by atoms with Gasteiger partial charge in [0.05, 0.1) is 4.90 Å². The number of benzene rings is 2. The van der Waals surface area contributed by atoms with Gasteiger partial charge < -0.3 is 4.74 Å². The molecule has 2 aromatic rings. The van der Waals surface area contributed by atoms with Crippen LogP contribution in [0.25, 0.3) is 0 Å². The minimum Gasteiger partial charge on any atom is -0.489 e. The fourth-order valence-corrected chi connectivity index (χ4v) is 2.51. The van der Waals surface area contributed by atoms with Crippen LogP contribution in [0.2, 0.25) is 0 Å². The molecule has 0 radical (unpaired) electrons. The van der Waals surface area contributed by atoms with Crippen molar-refractivity contribution in [3.05, 3.63) is 59.4 Å². The zero-order chi connectivity index (χ0) is 14.8. The molecule has 0 atom stereocenters. The van der Waals surface area contributed by atoms with Crippen molar-refractivity contribution < 1.29 is 17.5 Å². The molecule has 0 fully saturated rings. The third-order valence-corrected chi connectivity index (χ3v) is 4.09. The van der Waals surface area contributed by atoms with E-state index in [0.717, 1.165) is 5.56 Å². The van der Waals surface area contributed by atoms with Crippen molar-refractivity contribution >= 4 is 19.7 Å². The Bertz CT molecular complexity index is 712. The summed E-state index contributed by atoms with van der Waals surface area (Å²) >= 11 is 0. The first-order chi connectivity index (χ1) is 9.36. The quantitative estimate of drug-likeness (QED) is 0.809. The lowest BCUT2D eigenvalue weighted by Crippen LogP contribution is -1.98. The highest BCUT2D eigenvalue weighted by atomic mass is 35.7. The lowest BCUT2D eigenvalue weighted by molar-refractivity contribution is 0.303. The van der Waals surface area contributed by atoms with Crippen LogP contribution < -0.4 is 4.74 Å².